The van der Waals surface area contributed by atoms with Crippen LogP contribution in [0.1, 0.15) is 40.5 Å². The Morgan fingerprint density at radius 1 is 1.04 bits per heavy atom. The minimum absolute atomic E-state index is 0.294. The van der Waals surface area contributed by atoms with Crippen molar-refractivity contribution in [3.05, 3.63) is 24.8 Å². The lowest BCUT2D eigenvalue weighted by Gasteiger charge is -2.18. The van der Waals surface area contributed by atoms with Crippen LogP contribution in [0, 0.1) is 0 Å². The molecule has 0 radical (unpaired) electrons. The summed E-state index contributed by atoms with van der Waals surface area (Å²) in [5, 5.41) is 0.444. The van der Waals surface area contributed by atoms with Crippen LogP contribution in [0.3, 0.4) is 0 Å². The minimum Gasteiger partial charge on any atom is -0.463 e. The molecular weight excluding hydrogens is 384 g/mol. The van der Waals surface area contributed by atoms with Crippen LogP contribution in [-0.4, -0.2) is 52.6 Å². The summed E-state index contributed by atoms with van der Waals surface area (Å²) in [6.07, 6.45) is 4.10. The highest BCUT2D eigenvalue weighted by Crippen LogP contribution is 2.12. The second-order valence-corrected chi connectivity index (χ2v) is 9.74. The fourth-order valence-corrected chi connectivity index (χ4v) is 1.76. The highest BCUT2D eigenvalue weighted by molar-refractivity contribution is 7.93. The van der Waals surface area contributed by atoms with E-state index in [9.17, 15) is 26.4 Å². The van der Waals surface area contributed by atoms with E-state index < -0.39 is 24.9 Å². The molecule has 0 heterocycles. The maximum absolute atomic E-state index is 11.1. The van der Waals surface area contributed by atoms with E-state index in [4.69, 9.17) is 4.74 Å². The lowest BCUT2D eigenvalue weighted by molar-refractivity contribution is -0.146. The molecular formula is C16H30O8S2. The molecule has 26 heavy (non-hydrogen) atoms. The Labute approximate surface area is 157 Å². The first-order valence-corrected chi connectivity index (χ1v) is 11.5. The van der Waals surface area contributed by atoms with Gasteiger partial charge in [0.05, 0.1) is 11.5 Å². The fourth-order valence-electron chi connectivity index (χ4n) is 1.20. The van der Waals surface area contributed by atoms with Crippen LogP contribution < -0.4 is 0 Å². The summed E-state index contributed by atoms with van der Waals surface area (Å²) in [5.41, 5.74) is 0. The van der Waals surface area contributed by atoms with Gasteiger partial charge < -0.3 is 9.47 Å². The zero-order valence-corrected chi connectivity index (χ0v) is 17.9. The van der Waals surface area contributed by atoms with Gasteiger partial charge in [0.25, 0.3) is 0 Å². The number of ether oxygens (including phenoxy) is 2. The zero-order chi connectivity index (χ0) is 21.6. The molecule has 0 saturated heterocycles. The third-order valence-corrected chi connectivity index (χ3v) is 4.93. The molecule has 0 amide bonds. The van der Waals surface area contributed by atoms with Crippen LogP contribution in [0.2, 0.25) is 0 Å². The average Bonchev–Trinajstić information content (AvgIpc) is 2.45. The van der Waals surface area contributed by atoms with E-state index >= 15 is 0 Å². The van der Waals surface area contributed by atoms with Gasteiger partial charge in [-0.3, -0.25) is 9.59 Å². The van der Waals surface area contributed by atoms with Crippen molar-refractivity contribution in [1.29, 1.82) is 0 Å². The molecule has 2 atom stereocenters. The minimum atomic E-state index is -3.04. The largest absolute Gasteiger partial charge is 0.463 e. The quantitative estimate of drug-likeness (QED) is 0.458. The first-order valence-electron chi connectivity index (χ1n) is 7.57. The molecule has 0 aromatic rings. The van der Waals surface area contributed by atoms with E-state index in [-0.39, 0.29) is 18.0 Å². The van der Waals surface area contributed by atoms with Gasteiger partial charge in [0.1, 0.15) is 15.9 Å². The maximum Gasteiger partial charge on any atom is 0.307 e. The molecule has 0 aromatic carbocycles. The van der Waals surface area contributed by atoms with Crippen LogP contribution in [0.4, 0.5) is 0 Å². The van der Waals surface area contributed by atoms with Crippen molar-refractivity contribution < 1.29 is 35.9 Å². The van der Waals surface area contributed by atoms with E-state index in [1.807, 2.05) is 6.92 Å². The number of hydrogen-bond donors (Lipinski definition) is 0. The Morgan fingerprint density at radius 3 is 1.62 bits per heavy atom. The molecule has 154 valence electrons. The molecule has 0 fully saturated rings. The summed E-state index contributed by atoms with van der Waals surface area (Å²) in [4.78, 5) is 20.4. The normalized spacial score (nSPS) is 12.7. The molecule has 0 spiro atoms. The molecule has 0 N–H and O–H groups in total. The first-order chi connectivity index (χ1) is 11.6. The maximum atomic E-state index is 11.1. The summed E-state index contributed by atoms with van der Waals surface area (Å²) in [6.45, 7) is 12.3. The fraction of sp³-hybridized carbons (Fsp3) is 0.625. The smallest absolute Gasteiger partial charge is 0.307 e. The van der Waals surface area contributed by atoms with Crippen molar-refractivity contribution >= 4 is 31.6 Å². The highest BCUT2D eigenvalue weighted by Gasteiger charge is 2.21. The van der Waals surface area contributed by atoms with Crippen LogP contribution in [0.15, 0.2) is 24.8 Å². The lowest BCUT2D eigenvalue weighted by Crippen LogP contribution is -2.25. The van der Waals surface area contributed by atoms with E-state index in [2.05, 4.69) is 17.9 Å². The lowest BCUT2D eigenvalue weighted by atomic mass is 10.1. The predicted molar refractivity (Wildman–Crippen MR) is 102 cm³/mol. The van der Waals surface area contributed by atoms with Crippen LogP contribution >= 0.6 is 0 Å². The van der Waals surface area contributed by atoms with Crippen molar-refractivity contribution in [2.75, 3.05) is 12.5 Å². The summed E-state index contributed by atoms with van der Waals surface area (Å²) in [5.74, 6) is -0.692. The third-order valence-electron chi connectivity index (χ3n) is 2.67. The molecule has 2 unspecified atom stereocenters. The molecule has 0 aliphatic rings. The van der Waals surface area contributed by atoms with Crippen molar-refractivity contribution in [2.24, 2.45) is 0 Å². The van der Waals surface area contributed by atoms with Gasteiger partial charge >= 0.3 is 11.9 Å². The van der Waals surface area contributed by atoms with Gasteiger partial charge in [0.2, 0.25) is 0 Å². The molecule has 0 rings (SSSR count). The Balaban J connectivity index is -0.000000364. The molecule has 0 aromatic heterocycles. The summed E-state index contributed by atoms with van der Waals surface area (Å²) in [6, 6.07) is 0. The van der Waals surface area contributed by atoms with Gasteiger partial charge in [0.15, 0.2) is 9.84 Å². The summed E-state index contributed by atoms with van der Waals surface area (Å²) >= 11 is 0. The molecule has 0 bridgehead atoms. The van der Waals surface area contributed by atoms with Gasteiger partial charge in [-0.25, -0.2) is 16.8 Å². The Morgan fingerprint density at radius 2 is 1.46 bits per heavy atom. The number of carbonyl (C=O) groups is 2. The van der Waals surface area contributed by atoms with Crippen molar-refractivity contribution in [2.45, 2.75) is 51.9 Å². The number of esters is 2. The van der Waals surface area contributed by atoms with Crippen molar-refractivity contribution in [3.8, 4) is 0 Å². The standard InChI is InChI=1S/C9H18O4S.C4H6O2.C3H6O2S/c1-5-9(13-8(3)10)6-7(2)14(4,11)12;1-3-6-4(2)5;1-3-6(2,4)5/h7,9H,5-6H2,1-4H3;2*3H,1H2,2H3. The van der Waals surface area contributed by atoms with Gasteiger partial charge in [-0.1, -0.05) is 20.1 Å². The number of hydrogen-bond acceptors (Lipinski definition) is 8. The highest BCUT2D eigenvalue weighted by atomic mass is 32.2. The van der Waals surface area contributed by atoms with Crippen LogP contribution in [0.5, 0.6) is 0 Å². The predicted octanol–water partition coefficient (Wildman–Crippen LogP) is 2.02. The van der Waals surface area contributed by atoms with Gasteiger partial charge in [-0.05, 0) is 13.3 Å². The SMILES string of the molecule is C=COC(C)=O.C=CS(C)(=O)=O.CCC(CC(C)S(C)(=O)=O)OC(C)=O. The number of sulfone groups is 2. The van der Waals surface area contributed by atoms with E-state index in [0.717, 1.165) is 17.9 Å². The first kappa shape index (κ1) is 29.1. The van der Waals surface area contributed by atoms with Crippen LogP contribution in [0.25, 0.3) is 0 Å². The van der Waals surface area contributed by atoms with Gasteiger partial charge in [-0.2, -0.15) is 0 Å². The second kappa shape index (κ2) is 14.5. The van der Waals surface area contributed by atoms with E-state index in [0.29, 0.717) is 12.8 Å². The van der Waals surface area contributed by atoms with Crippen molar-refractivity contribution in [1.82, 2.24) is 0 Å². The molecule has 0 aliphatic heterocycles. The second-order valence-electron chi connectivity index (χ2n) is 5.29. The Kier molecular flexibility index (Phi) is 16.2. The Hall–Kier alpha value is -1.68. The number of rotatable bonds is 7. The molecule has 0 aliphatic carbocycles. The topological polar surface area (TPSA) is 121 Å². The summed E-state index contributed by atoms with van der Waals surface area (Å²) in [7, 11) is -5.93. The zero-order valence-electron chi connectivity index (χ0n) is 16.2. The monoisotopic (exact) mass is 414 g/mol. The molecule has 10 heteroatoms. The number of carbonyl (C=O) groups excluding carboxylic acids is 2. The van der Waals surface area contributed by atoms with Crippen LogP contribution in [-0.2, 0) is 38.7 Å². The summed E-state index contributed by atoms with van der Waals surface area (Å²) < 4.78 is 51.1. The third kappa shape index (κ3) is 24.6. The Bertz CT molecular complexity index is 636. The van der Waals surface area contributed by atoms with Crippen molar-refractivity contribution in [3.63, 3.8) is 0 Å². The van der Waals surface area contributed by atoms with E-state index in [1.165, 1.54) is 20.1 Å². The van der Waals surface area contributed by atoms with Gasteiger partial charge in [-0.15, -0.1) is 0 Å². The van der Waals surface area contributed by atoms with Gasteiger partial charge in [0, 0.05) is 38.2 Å². The van der Waals surface area contributed by atoms with E-state index in [1.54, 1.807) is 6.92 Å². The average molecular weight is 415 g/mol. The molecule has 8 nitrogen and oxygen atoms in total. The molecule has 0 saturated carbocycles.